The second-order valence-corrected chi connectivity index (χ2v) is 4.26. The van der Waals surface area contributed by atoms with Gasteiger partial charge in [0.1, 0.15) is 0 Å². The summed E-state index contributed by atoms with van der Waals surface area (Å²) in [6.45, 7) is 3.77. The molecule has 2 fully saturated rings. The minimum atomic E-state index is -0.507. The molecule has 0 bridgehead atoms. The normalized spacial score (nSPS) is 23.8. The summed E-state index contributed by atoms with van der Waals surface area (Å²) in [5.41, 5.74) is 0. The molecule has 0 aromatic carbocycles. The van der Waals surface area contributed by atoms with Crippen molar-refractivity contribution in [1.82, 2.24) is 10.6 Å². The molecule has 5 heteroatoms. The van der Waals surface area contributed by atoms with Crippen LogP contribution in [0.4, 0.5) is 4.79 Å². The summed E-state index contributed by atoms with van der Waals surface area (Å²) < 4.78 is 10.8. The zero-order chi connectivity index (χ0) is 10.7. The van der Waals surface area contributed by atoms with Crippen LogP contribution < -0.4 is 10.6 Å². The molecule has 0 unspecified atom stereocenters. The molecule has 1 saturated heterocycles. The van der Waals surface area contributed by atoms with Crippen molar-refractivity contribution in [2.45, 2.75) is 38.0 Å². The summed E-state index contributed by atoms with van der Waals surface area (Å²) >= 11 is 0. The van der Waals surface area contributed by atoms with Crippen LogP contribution in [0.5, 0.6) is 0 Å². The highest BCUT2D eigenvalue weighted by Gasteiger charge is 2.30. The summed E-state index contributed by atoms with van der Waals surface area (Å²) in [5, 5.41) is 5.66. The van der Waals surface area contributed by atoms with Gasteiger partial charge in [-0.3, -0.25) is 0 Å². The van der Waals surface area contributed by atoms with Gasteiger partial charge in [0.05, 0.1) is 13.2 Å². The van der Waals surface area contributed by atoms with E-state index in [9.17, 15) is 4.79 Å². The molecule has 0 radical (unpaired) electrons. The molecule has 0 spiro atoms. The quantitative estimate of drug-likeness (QED) is 0.720. The van der Waals surface area contributed by atoms with Gasteiger partial charge in [-0.05, 0) is 19.8 Å². The van der Waals surface area contributed by atoms with Gasteiger partial charge < -0.3 is 20.1 Å². The Kier molecular flexibility index (Phi) is 3.11. The topological polar surface area (TPSA) is 59.6 Å². The molecule has 2 N–H and O–H groups in total. The Morgan fingerprint density at radius 3 is 2.67 bits per heavy atom. The molecule has 1 aliphatic carbocycles. The van der Waals surface area contributed by atoms with Crippen LogP contribution in [-0.2, 0) is 9.47 Å². The number of amides is 2. The molecule has 0 aromatic rings. The number of hydrogen-bond acceptors (Lipinski definition) is 3. The fourth-order valence-electron chi connectivity index (χ4n) is 1.57. The fourth-order valence-corrected chi connectivity index (χ4v) is 1.57. The van der Waals surface area contributed by atoms with Gasteiger partial charge in [0.25, 0.3) is 0 Å². The van der Waals surface area contributed by atoms with Crippen LogP contribution >= 0.6 is 0 Å². The molecule has 15 heavy (non-hydrogen) atoms. The molecule has 0 aromatic heterocycles. The Hall–Kier alpha value is -0.810. The number of carbonyl (C=O) groups is 1. The van der Waals surface area contributed by atoms with E-state index in [1.54, 1.807) is 0 Å². The average Bonchev–Trinajstić information content (AvgIpc) is 2.88. The zero-order valence-electron chi connectivity index (χ0n) is 9.04. The standard InChI is InChI=1S/C10H18N2O3/c1-10(14-6-7-15-10)4-5-11-9(13)12-8-2-3-8/h8H,2-7H2,1H3,(H2,11,12,13). The highest BCUT2D eigenvalue weighted by atomic mass is 16.7. The van der Waals surface area contributed by atoms with Crippen molar-refractivity contribution < 1.29 is 14.3 Å². The van der Waals surface area contributed by atoms with Gasteiger partial charge in [-0.1, -0.05) is 0 Å². The maximum Gasteiger partial charge on any atom is 0.315 e. The third-order valence-corrected chi connectivity index (χ3v) is 2.68. The van der Waals surface area contributed by atoms with E-state index < -0.39 is 5.79 Å². The lowest BCUT2D eigenvalue weighted by atomic mass is 10.2. The number of hydrogen-bond donors (Lipinski definition) is 2. The monoisotopic (exact) mass is 214 g/mol. The molecule has 1 aliphatic heterocycles. The first kappa shape index (κ1) is 10.7. The summed E-state index contributed by atoms with van der Waals surface area (Å²) in [6, 6.07) is 0.318. The Labute approximate surface area is 89.5 Å². The molecule has 2 aliphatic rings. The maximum atomic E-state index is 11.3. The van der Waals surface area contributed by atoms with Crippen molar-refractivity contribution in [3.05, 3.63) is 0 Å². The van der Waals surface area contributed by atoms with Gasteiger partial charge in [0.15, 0.2) is 5.79 Å². The van der Waals surface area contributed by atoms with Crippen LogP contribution in [0.15, 0.2) is 0 Å². The van der Waals surface area contributed by atoms with Crippen molar-refractivity contribution in [2.75, 3.05) is 19.8 Å². The average molecular weight is 214 g/mol. The van der Waals surface area contributed by atoms with E-state index in [2.05, 4.69) is 10.6 Å². The van der Waals surface area contributed by atoms with Gasteiger partial charge in [0.2, 0.25) is 0 Å². The van der Waals surface area contributed by atoms with Crippen molar-refractivity contribution >= 4 is 6.03 Å². The van der Waals surface area contributed by atoms with Gasteiger partial charge in [0, 0.05) is 19.0 Å². The number of ether oxygens (including phenoxy) is 2. The molecule has 86 valence electrons. The second-order valence-electron chi connectivity index (χ2n) is 4.26. The second kappa shape index (κ2) is 4.37. The van der Waals surface area contributed by atoms with Crippen LogP contribution in [0.1, 0.15) is 26.2 Å². The number of urea groups is 1. The number of nitrogens with one attached hydrogen (secondary N) is 2. The Morgan fingerprint density at radius 2 is 2.07 bits per heavy atom. The highest BCUT2D eigenvalue weighted by molar-refractivity contribution is 5.74. The Balaban J connectivity index is 1.58. The van der Waals surface area contributed by atoms with Crippen molar-refractivity contribution in [2.24, 2.45) is 0 Å². The smallest absolute Gasteiger partial charge is 0.315 e. The van der Waals surface area contributed by atoms with Crippen molar-refractivity contribution in [3.63, 3.8) is 0 Å². The SMILES string of the molecule is CC1(CCNC(=O)NC2CC2)OCCO1. The molecule has 2 amide bonds. The van der Waals surface area contributed by atoms with Crippen LogP contribution in [0.2, 0.25) is 0 Å². The highest BCUT2D eigenvalue weighted by Crippen LogP contribution is 2.21. The van der Waals surface area contributed by atoms with E-state index >= 15 is 0 Å². The van der Waals surface area contributed by atoms with E-state index in [0.29, 0.717) is 32.2 Å². The summed E-state index contributed by atoms with van der Waals surface area (Å²) in [7, 11) is 0. The van der Waals surface area contributed by atoms with Crippen LogP contribution in [0.3, 0.4) is 0 Å². The van der Waals surface area contributed by atoms with E-state index in [1.807, 2.05) is 6.92 Å². The van der Waals surface area contributed by atoms with Crippen LogP contribution in [-0.4, -0.2) is 37.6 Å². The number of rotatable bonds is 4. The zero-order valence-corrected chi connectivity index (χ0v) is 9.04. The fraction of sp³-hybridized carbons (Fsp3) is 0.900. The lowest BCUT2D eigenvalue weighted by Gasteiger charge is -2.22. The van der Waals surface area contributed by atoms with Gasteiger partial charge in [-0.25, -0.2) is 4.79 Å². The summed E-state index contributed by atoms with van der Waals surface area (Å²) in [5.74, 6) is -0.507. The first-order chi connectivity index (χ1) is 7.18. The number of carbonyl (C=O) groups excluding carboxylic acids is 1. The summed E-state index contributed by atoms with van der Waals surface area (Å²) in [6.07, 6.45) is 2.90. The molecular weight excluding hydrogens is 196 g/mol. The maximum absolute atomic E-state index is 11.3. The molecule has 2 rings (SSSR count). The predicted octanol–water partition coefficient (Wildman–Crippen LogP) is 0.601. The van der Waals surface area contributed by atoms with E-state index in [4.69, 9.17) is 9.47 Å². The molecule has 1 saturated carbocycles. The van der Waals surface area contributed by atoms with Crippen molar-refractivity contribution in [3.8, 4) is 0 Å². The van der Waals surface area contributed by atoms with E-state index in [0.717, 1.165) is 12.8 Å². The largest absolute Gasteiger partial charge is 0.348 e. The van der Waals surface area contributed by atoms with Gasteiger partial charge in [-0.15, -0.1) is 0 Å². The first-order valence-electron chi connectivity index (χ1n) is 5.50. The van der Waals surface area contributed by atoms with Gasteiger partial charge >= 0.3 is 6.03 Å². The van der Waals surface area contributed by atoms with E-state index in [1.165, 1.54) is 0 Å². The minimum Gasteiger partial charge on any atom is -0.348 e. The molecule has 1 heterocycles. The lowest BCUT2D eigenvalue weighted by molar-refractivity contribution is -0.145. The first-order valence-corrected chi connectivity index (χ1v) is 5.50. The minimum absolute atomic E-state index is 0.0842. The van der Waals surface area contributed by atoms with Crippen LogP contribution in [0, 0.1) is 0 Å². The lowest BCUT2D eigenvalue weighted by Crippen LogP contribution is -2.40. The van der Waals surface area contributed by atoms with Crippen molar-refractivity contribution in [1.29, 1.82) is 0 Å². The van der Waals surface area contributed by atoms with Crippen LogP contribution in [0.25, 0.3) is 0 Å². The molecule has 0 atom stereocenters. The molecule has 5 nitrogen and oxygen atoms in total. The summed E-state index contributed by atoms with van der Waals surface area (Å²) in [4.78, 5) is 11.3. The van der Waals surface area contributed by atoms with E-state index in [-0.39, 0.29) is 6.03 Å². The Bertz CT molecular complexity index is 235. The molecular formula is C10H18N2O3. The third kappa shape index (κ3) is 3.35. The Morgan fingerprint density at radius 1 is 1.40 bits per heavy atom. The third-order valence-electron chi connectivity index (χ3n) is 2.68. The predicted molar refractivity (Wildman–Crippen MR) is 54.5 cm³/mol. The van der Waals surface area contributed by atoms with Gasteiger partial charge in [-0.2, -0.15) is 0 Å².